The third kappa shape index (κ3) is 1.94. The molecule has 0 saturated carbocycles. The van der Waals surface area contributed by atoms with Crippen molar-refractivity contribution in [2.45, 2.75) is 0 Å². The summed E-state index contributed by atoms with van der Waals surface area (Å²) in [5.74, 6) is -0.930. The van der Waals surface area contributed by atoms with Gasteiger partial charge >= 0.3 is 11.7 Å². The summed E-state index contributed by atoms with van der Waals surface area (Å²) < 4.78 is 4.29. The van der Waals surface area contributed by atoms with Crippen LogP contribution in [0.3, 0.4) is 0 Å². The van der Waals surface area contributed by atoms with Crippen molar-refractivity contribution in [1.29, 1.82) is 0 Å². The van der Waals surface area contributed by atoms with Crippen LogP contribution < -0.4 is 0 Å². The Morgan fingerprint density at radius 3 is 2.86 bits per heavy atom. The van der Waals surface area contributed by atoms with Crippen LogP contribution in [0.25, 0.3) is 0 Å². The molecule has 0 fully saturated rings. The fourth-order valence-corrected chi connectivity index (χ4v) is 0.868. The Morgan fingerprint density at radius 2 is 2.36 bits per heavy atom. The van der Waals surface area contributed by atoms with Gasteiger partial charge in [-0.2, -0.15) is 0 Å². The number of rotatable bonds is 2. The molecule has 0 aromatic carbocycles. The maximum Gasteiger partial charge on any atom is 0.364 e. The van der Waals surface area contributed by atoms with Gasteiger partial charge in [-0.25, -0.2) is 14.8 Å². The first-order valence-corrected chi connectivity index (χ1v) is 3.69. The number of nitro groups is 1. The number of esters is 1. The van der Waals surface area contributed by atoms with E-state index in [0.717, 1.165) is 13.3 Å². The second-order valence-corrected chi connectivity index (χ2v) is 2.46. The van der Waals surface area contributed by atoms with Crippen molar-refractivity contribution in [2.75, 3.05) is 7.11 Å². The zero-order valence-corrected chi connectivity index (χ0v) is 7.69. The fraction of sp³-hybridized carbons (Fsp3) is 0.167. The summed E-state index contributed by atoms with van der Waals surface area (Å²) in [6, 6.07) is 0. The number of carbonyl (C=O) groups excluding carboxylic acids is 1. The van der Waals surface area contributed by atoms with Crippen molar-refractivity contribution in [1.82, 2.24) is 9.97 Å². The van der Waals surface area contributed by atoms with Crippen LogP contribution in [0.4, 0.5) is 5.69 Å². The van der Waals surface area contributed by atoms with Gasteiger partial charge in [0.25, 0.3) is 0 Å². The lowest BCUT2D eigenvalue weighted by atomic mass is 10.3. The Balaban J connectivity index is 3.29. The van der Waals surface area contributed by atoms with E-state index in [1.807, 2.05) is 0 Å². The van der Waals surface area contributed by atoms with E-state index in [1.165, 1.54) is 0 Å². The molecule has 1 aromatic heterocycles. The summed E-state index contributed by atoms with van der Waals surface area (Å²) in [6.45, 7) is 0. The van der Waals surface area contributed by atoms with E-state index >= 15 is 0 Å². The molecule has 0 N–H and O–H groups in total. The van der Waals surface area contributed by atoms with Crippen molar-refractivity contribution in [3.05, 3.63) is 27.3 Å². The van der Waals surface area contributed by atoms with E-state index in [4.69, 9.17) is 11.6 Å². The van der Waals surface area contributed by atoms with Crippen molar-refractivity contribution < 1.29 is 14.5 Å². The molecule has 0 aliphatic heterocycles. The topological polar surface area (TPSA) is 95.2 Å². The number of methoxy groups -OCH3 is 1. The van der Waals surface area contributed by atoms with Crippen LogP contribution in [0.2, 0.25) is 5.28 Å². The molecule has 7 nitrogen and oxygen atoms in total. The zero-order valence-electron chi connectivity index (χ0n) is 6.93. The van der Waals surface area contributed by atoms with E-state index in [0.29, 0.717) is 0 Å². The van der Waals surface area contributed by atoms with Gasteiger partial charge in [0.2, 0.25) is 11.0 Å². The Hall–Kier alpha value is -1.76. The normalized spacial score (nSPS) is 9.57. The molecule has 74 valence electrons. The van der Waals surface area contributed by atoms with Gasteiger partial charge < -0.3 is 4.74 Å². The molecular weight excluding hydrogens is 214 g/mol. The average molecular weight is 218 g/mol. The highest BCUT2D eigenvalue weighted by Gasteiger charge is 2.23. The van der Waals surface area contributed by atoms with Crippen LogP contribution in [0.15, 0.2) is 6.20 Å². The van der Waals surface area contributed by atoms with Crippen LogP contribution in [0, 0.1) is 10.1 Å². The van der Waals surface area contributed by atoms with Gasteiger partial charge in [-0.15, -0.1) is 0 Å². The lowest BCUT2D eigenvalue weighted by Crippen LogP contribution is -2.09. The molecule has 1 rings (SSSR count). The number of aromatic nitrogens is 2. The van der Waals surface area contributed by atoms with Crippen LogP contribution in [0.1, 0.15) is 10.5 Å². The molecule has 0 bridgehead atoms. The van der Waals surface area contributed by atoms with Crippen LogP contribution >= 0.6 is 11.6 Å². The van der Waals surface area contributed by atoms with Gasteiger partial charge in [0, 0.05) is 0 Å². The van der Waals surface area contributed by atoms with E-state index < -0.39 is 22.3 Å². The van der Waals surface area contributed by atoms with E-state index in [9.17, 15) is 14.9 Å². The number of ether oxygens (including phenoxy) is 1. The molecule has 0 aliphatic carbocycles. The molecule has 0 spiro atoms. The number of nitrogens with zero attached hydrogens (tertiary/aromatic N) is 3. The summed E-state index contributed by atoms with van der Waals surface area (Å²) in [6.07, 6.45) is 0.849. The zero-order chi connectivity index (χ0) is 10.7. The summed E-state index contributed by atoms with van der Waals surface area (Å²) in [5.41, 5.74) is -1.00. The highest BCUT2D eigenvalue weighted by atomic mass is 35.5. The second-order valence-electron chi connectivity index (χ2n) is 2.12. The SMILES string of the molecule is COC(=O)c1nc(Cl)ncc1[N+](=O)[O-]. The largest absolute Gasteiger partial charge is 0.464 e. The van der Waals surface area contributed by atoms with E-state index in [-0.39, 0.29) is 5.28 Å². The fourth-order valence-electron chi connectivity index (χ4n) is 0.734. The van der Waals surface area contributed by atoms with Gasteiger partial charge in [-0.05, 0) is 11.6 Å². The average Bonchev–Trinajstić information content (AvgIpc) is 2.16. The molecule has 0 amide bonds. The Labute approximate surface area is 82.8 Å². The second kappa shape index (κ2) is 3.97. The minimum atomic E-state index is -0.930. The first kappa shape index (κ1) is 10.3. The van der Waals surface area contributed by atoms with Gasteiger partial charge in [-0.1, -0.05) is 0 Å². The van der Waals surface area contributed by atoms with Crippen LogP contribution in [0.5, 0.6) is 0 Å². The predicted octanol–water partition coefficient (Wildman–Crippen LogP) is 0.825. The molecule has 1 heterocycles. The molecule has 0 saturated heterocycles. The maximum atomic E-state index is 11.0. The minimum Gasteiger partial charge on any atom is -0.464 e. The van der Waals surface area contributed by atoms with Crippen LogP contribution in [-0.2, 0) is 4.74 Å². The first-order valence-electron chi connectivity index (χ1n) is 3.31. The summed E-state index contributed by atoms with van der Waals surface area (Å²) in [7, 11) is 1.09. The van der Waals surface area contributed by atoms with Gasteiger partial charge in [0.15, 0.2) is 0 Å². The number of carbonyl (C=O) groups is 1. The van der Waals surface area contributed by atoms with Gasteiger partial charge in [-0.3, -0.25) is 10.1 Å². The summed E-state index contributed by atoms with van der Waals surface area (Å²) in [5, 5.41) is 10.2. The van der Waals surface area contributed by atoms with Crippen molar-refractivity contribution in [3.63, 3.8) is 0 Å². The van der Waals surface area contributed by atoms with Gasteiger partial charge in [0.1, 0.15) is 6.20 Å². The smallest absolute Gasteiger partial charge is 0.364 e. The summed E-state index contributed by atoms with van der Waals surface area (Å²) >= 11 is 5.37. The van der Waals surface area contributed by atoms with E-state index in [1.54, 1.807) is 0 Å². The van der Waals surface area contributed by atoms with Gasteiger partial charge in [0.05, 0.1) is 12.0 Å². The number of hydrogen-bond acceptors (Lipinski definition) is 6. The molecule has 1 aromatic rings. The lowest BCUT2D eigenvalue weighted by Gasteiger charge is -1.98. The molecular formula is C6H4ClN3O4. The molecule has 8 heteroatoms. The first-order chi connectivity index (χ1) is 6.56. The predicted molar refractivity (Wildman–Crippen MR) is 45.0 cm³/mol. The third-order valence-electron chi connectivity index (χ3n) is 1.32. The Morgan fingerprint density at radius 1 is 1.71 bits per heavy atom. The Kier molecular flexibility index (Phi) is 2.92. The number of hydrogen-bond donors (Lipinski definition) is 0. The molecule has 0 radical (unpaired) electrons. The van der Waals surface area contributed by atoms with Crippen LogP contribution in [-0.4, -0.2) is 28.0 Å². The minimum absolute atomic E-state index is 0.254. The quantitative estimate of drug-likeness (QED) is 0.315. The van der Waals surface area contributed by atoms with Crippen molar-refractivity contribution >= 4 is 23.3 Å². The van der Waals surface area contributed by atoms with Crippen molar-refractivity contribution in [2.24, 2.45) is 0 Å². The third-order valence-corrected chi connectivity index (χ3v) is 1.50. The monoisotopic (exact) mass is 217 g/mol. The highest BCUT2D eigenvalue weighted by Crippen LogP contribution is 2.17. The molecule has 14 heavy (non-hydrogen) atoms. The number of halogens is 1. The summed E-state index contributed by atoms with van der Waals surface area (Å²) in [4.78, 5) is 27.4. The molecule has 0 aliphatic rings. The molecule has 0 unspecified atom stereocenters. The maximum absolute atomic E-state index is 11.0. The lowest BCUT2D eigenvalue weighted by molar-refractivity contribution is -0.385. The van der Waals surface area contributed by atoms with Crippen molar-refractivity contribution in [3.8, 4) is 0 Å². The van der Waals surface area contributed by atoms with E-state index in [2.05, 4.69) is 14.7 Å². The molecule has 0 atom stereocenters. The highest BCUT2D eigenvalue weighted by molar-refractivity contribution is 6.28. The standard InChI is InChI=1S/C6H4ClN3O4/c1-14-5(11)4-3(10(12)13)2-8-6(7)9-4/h2H,1H3. The Bertz CT molecular complexity index is 395.